The highest BCUT2D eigenvalue weighted by Crippen LogP contribution is 2.51. The molecule has 0 N–H and O–H groups in total. The van der Waals surface area contributed by atoms with Crippen LogP contribution >= 0.6 is 0 Å². The lowest BCUT2D eigenvalue weighted by Crippen LogP contribution is -2.38. The summed E-state index contributed by atoms with van der Waals surface area (Å²) >= 11 is 0. The summed E-state index contributed by atoms with van der Waals surface area (Å²) in [6.45, 7) is 1.46. The third-order valence-corrected chi connectivity index (χ3v) is 5.59. The second kappa shape index (κ2) is 5.30. The Hall–Kier alpha value is -2.43. The van der Waals surface area contributed by atoms with Crippen LogP contribution in [0.4, 0.5) is 5.69 Å². The Morgan fingerprint density at radius 2 is 1.67 bits per heavy atom. The smallest absolute Gasteiger partial charge is 0.238 e. The number of allylic oxidation sites excluding steroid dienone is 2. The fourth-order valence-electron chi connectivity index (χ4n) is 4.40. The van der Waals surface area contributed by atoms with Crippen molar-refractivity contribution >= 4 is 23.3 Å². The van der Waals surface area contributed by atoms with Crippen LogP contribution in [0.1, 0.15) is 30.1 Å². The highest BCUT2D eigenvalue weighted by atomic mass is 16.5. The van der Waals surface area contributed by atoms with Gasteiger partial charge in [0.25, 0.3) is 0 Å². The first-order valence-electron chi connectivity index (χ1n) is 8.28. The van der Waals surface area contributed by atoms with Crippen LogP contribution in [0.2, 0.25) is 0 Å². The van der Waals surface area contributed by atoms with Crippen molar-refractivity contribution in [2.75, 3.05) is 12.0 Å². The molecular formula is C19H19NO4. The van der Waals surface area contributed by atoms with Crippen LogP contribution in [0.25, 0.3) is 0 Å². The fraction of sp³-hybridized carbons (Fsp3) is 0.421. The van der Waals surface area contributed by atoms with E-state index in [1.54, 1.807) is 18.2 Å². The van der Waals surface area contributed by atoms with Gasteiger partial charge in [0.1, 0.15) is 5.75 Å². The van der Waals surface area contributed by atoms with Gasteiger partial charge in [-0.05, 0) is 49.8 Å². The van der Waals surface area contributed by atoms with E-state index in [2.05, 4.69) is 12.2 Å². The molecule has 1 saturated carbocycles. The zero-order chi connectivity index (χ0) is 17.0. The van der Waals surface area contributed by atoms with Crippen LogP contribution in [-0.2, 0) is 9.59 Å². The molecule has 4 aliphatic rings. The molecule has 1 aliphatic heterocycles. The number of imide groups is 1. The van der Waals surface area contributed by atoms with Crippen molar-refractivity contribution < 1.29 is 19.1 Å². The Kier molecular flexibility index (Phi) is 3.34. The lowest BCUT2D eigenvalue weighted by molar-refractivity contribution is -0.124. The molecule has 5 rings (SSSR count). The van der Waals surface area contributed by atoms with Crippen LogP contribution in [0.15, 0.2) is 30.4 Å². The molecule has 0 unspecified atom stereocenters. The van der Waals surface area contributed by atoms with Crippen LogP contribution in [0.5, 0.6) is 5.75 Å². The van der Waals surface area contributed by atoms with Crippen molar-refractivity contribution in [3.05, 3.63) is 35.9 Å². The summed E-state index contributed by atoms with van der Waals surface area (Å²) in [6, 6.07) is 4.87. The minimum atomic E-state index is -0.271. The van der Waals surface area contributed by atoms with Gasteiger partial charge in [-0.25, -0.2) is 4.90 Å². The van der Waals surface area contributed by atoms with Crippen LogP contribution in [-0.4, -0.2) is 24.7 Å². The van der Waals surface area contributed by atoms with Crippen LogP contribution < -0.4 is 9.64 Å². The Bertz CT molecular complexity index is 750. The second-order valence-electron chi connectivity index (χ2n) is 6.80. The number of amides is 2. The number of carbonyl (C=O) groups is 3. The molecule has 3 aliphatic carbocycles. The normalized spacial score (nSPS) is 30.7. The molecule has 0 radical (unpaired) electrons. The van der Waals surface area contributed by atoms with Gasteiger partial charge >= 0.3 is 0 Å². The van der Waals surface area contributed by atoms with Gasteiger partial charge in [0, 0.05) is 5.56 Å². The Morgan fingerprint density at radius 1 is 1.08 bits per heavy atom. The number of nitrogens with zero attached hydrogens (tertiary/aromatic N) is 1. The third kappa shape index (κ3) is 1.97. The summed E-state index contributed by atoms with van der Waals surface area (Å²) in [5, 5.41) is 0. The lowest BCUT2D eigenvalue weighted by Gasteiger charge is -2.38. The number of Topliss-reactive ketones (excluding diaryl/α,β-unsaturated/α-hetero) is 1. The van der Waals surface area contributed by atoms with E-state index in [1.165, 1.54) is 18.9 Å². The standard InChI is InChI=1S/C19H19NO4/c1-10(21)13-7-8-15(24-2)14(9-13)20-18(22)16-11-3-4-12(6-5-11)17(16)19(20)23/h3-4,7-9,11-12,16-17H,5-6H2,1-2H3/t11-,12-,16-,17+/m0/s1. The number of benzene rings is 1. The molecule has 0 aromatic heterocycles. The number of carbonyl (C=O) groups excluding carboxylic acids is 3. The number of hydrogen-bond donors (Lipinski definition) is 0. The number of ketones is 1. The SMILES string of the molecule is COc1ccc(C(C)=O)cc1N1C(=O)[C@@H]2[C@H](C1=O)[C@H]1C=C[C@H]2CC1. The molecule has 1 aromatic carbocycles. The highest BCUT2D eigenvalue weighted by molar-refractivity contribution is 6.23. The Balaban J connectivity index is 1.80. The number of hydrogen-bond acceptors (Lipinski definition) is 4. The summed E-state index contributed by atoms with van der Waals surface area (Å²) in [5.74, 6) is -0.269. The predicted octanol–water partition coefficient (Wildman–Crippen LogP) is 2.60. The van der Waals surface area contributed by atoms with Crippen molar-refractivity contribution in [3.8, 4) is 5.75 Å². The molecule has 124 valence electrons. The maximum absolute atomic E-state index is 13.0. The van der Waals surface area contributed by atoms with E-state index < -0.39 is 0 Å². The van der Waals surface area contributed by atoms with E-state index in [-0.39, 0.29) is 41.3 Å². The predicted molar refractivity (Wildman–Crippen MR) is 87.8 cm³/mol. The fourth-order valence-corrected chi connectivity index (χ4v) is 4.40. The van der Waals surface area contributed by atoms with Gasteiger partial charge in [-0.3, -0.25) is 14.4 Å². The molecule has 1 saturated heterocycles. The van der Waals surface area contributed by atoms with Gasteiger partial charge in [-0.2, -0.15) is 0 Å². The minimum absolute atomic E-state index is 0.114. The number of anilines is 1. The van der Waals surface area contributed by atoms with E-state index in [0.717, 1.165) is 12.8 Å². The first-order valence-corrected chi connectivity index (χ1v) is 8.28. The third-order valence-electron chi connectivity index (χ3n) is 5.59. The maximum Gasteiger partial charge on any atom is 0.238 e. The first kappa shape index (κ1) is 15.1. The van der Waals surface area contributed by atoms with Crippen molar-refractivity contribution in [3.63, 3.8) is 0 Å². The summed E-state index contributed by atoms with van der Waals surface area (Å²) in [6.07, 6.45) is 6.10. The van der Waals surface area contributed by atoms with Gasteiger partial charge in [0.05, 0.1) is 24.6 Å². The van der Waals surface area contributed by atoms with E-state index in [4.69, 9.17) is 4.74 Å². The van der Waals surface area contributed by atoms with Gasteiger partial charge in [-0.15, -0.1) is 0 Å². The first-order chi connectivity index (χ1) is 11.5. The molecule has 2 amide bonds. The zero-order valence-electron chi connectivity index (χ0n) is 13.7. The van der Waals surface area contributed by atoms with Crippen LogP contribution in [0, 0.1) is 23.7 Å². The number of methoxy groups -OCH3 is 1. The Labute approximate surface area is 140 Å². The quantitative estimate of drug-likeness (QED) is 0.487. The maximum atomic E-state index is 13.0. The lowest BCUT2D eigenvalue weighted by atomic mass is 9.63. The van der Waals surface area contributed by atoms with Crippen molar-refractivity contribution in [1.82, 2.24) is 0 Å². The molecular weight excluding hydrogens is 306 g/mol. The van der Waals surface area contributed by atoms with Gasteiger partial charge in [0.15, 0.2) is 5.78 Å². The van der Waals surface area contributed by atoms with Gasteiger partial charge < -0.3 is 4.74 Å². The average molecular weight is 325 g/mol. The molecule has 24 heavy (non-hydrogen) atoms. The van der Waals surface area contributed by atoms with Crippen molar-refractivity contribution in [2.24, 2.45) is 23.7 Å². The molecule has 4 atom stereocenters. The van der Waals surface area contributed by atoms with Gasteiger partial charge in [0.2, 0.25) is 11.8 Å². The Morgan fingerprint density at radius 3 is 2.12 bits per heavy atom. The molecule has 1 aromatic rings. The monoisotopic (exact) mass is 325 g/mol. The van der Waals surface area contributed by atoms with E-state index in [0.29, 0.717) is 17.0 Å². The number of fused-ring (bicyclic) bond motifs is 1. The van der Waals surface area contributed by atoms with Crippen LogP contribution in [0.3, 0.4) is 0 Å². The molecule has 2 fully saturated rings. The minimum Gasteiger partial charge on any atom is -0.495 e. The highest BCUT2D eigenvalue weighted by Gasteiger charge is 2.57. The van der Waals surface area contributed by atoms with E-state index in [9.17, 15) is 14.4 Å². The van der Waals surface area contributed by atoms with Crippen molar-refractivity contribution in [1.29, 1.82) is 0 Å². The zero-order valence-corrected chi connectivity index (χ0v) is 13.7. The summed E-state index contributed by atoms with van der Waals surface area (Å²) in [7, 11) is 1.50. The molecule has 1 heterocycles. The van der Waals surface area contributed by atoms with E-state index in [1.807, 2.05) is 0 Å². The molecule has 2 bridgehead atoms. The second-order valence-corrected chi connectivity index (χ2v) is 6.80. The molecule has 5 nitrogen and oxygen atoms in total. The molecule has 5 heteroatoms. The molecule has 0 spiro atoms. The largest absolute Gasteiger partial charge is 0.495 e. The van der Waals surface area contributed by atoms with Gasteiger partial charge in [-0.1, -0.05) is 12.2 Å². The summed E-state index contributed by atoms with van der Waals surface area (Å²) in [4.78, 5) is 39.0. The summed E-state index contributed by atoms with van der Waals surface area (Å²) < 4.78 is 5.34. The summed E-state index contributed by atoms with van der Waals surface area (Å²) in [5.41, 5.74) is 0.844. The number of ether oxygens (including phenoxy) is 1. The van der Waals surface area contributed by atoms with Crippen molar-refractivity contribution in [2.45, 2.75) is 19.8 Å². The average Bonchev–Trinajstić information content (AvgIpc) is 2.88. The van der Waals surface area contributed by atoms with E-state index >= 15 is 0 Å². The number of rotatable bonds is 3. The topological polar surface area (TPSA) is 63.7 Å².